The number of carbonyl (C=O) groups excluding carboxylic acids is 1. The fraction of sp³-hybridized carbons (Fsp3) is 0.500. The van der Waals surface area contributed by atoms with E-state index in [2.05, 4.69) is 54.0 Å². The highest BCUT2D eigenvalue weighted by Gasteiger charge is 2.09. The molecule has 1 rings (SSSR count). The molecule has 2 atom stereocenters. The molecule has 0 aromatic heterocycles. The molecule has 0 heterocycles. The second kappa shape index (κ2) is 12.3. The Morgan fingerprint density at radius 2 is 1.96 bits per heavy atom. The Morgan fingerprint density at radius 1 is 1.39 bits per heavy atom. The molecule has 0 amide bonds. The minimum atomic E-state index is -2.07. The van der Waals surface area contributed by atoms with Gasteiger partial charge in [-0.05, 0) is 32.8 Å². The van der Waals surface area contributed by atoms with Gasteiger partial charge >= 0.3 is 5.97 Å². The van der Waals surface area contributed by atoms with E-state index in [1.54, 1.807) is 4.90 Å². The maximum absolute atomic E-state index is 9.04. The van der Waals surface area contributed by atoms with E-state index < -0.39 is 11.9 Å². The number of carboxylic acids is 2. The summed E-state index contributed by atoms with van der Waals surface area (Å²) in [7, 11) is 0. The molecule has 0 radical (unpaired) electrons. The number of rotatable bonds is 7. The molecule has 1 aromatic carbocycles. The molecule has 23 heavy (non-hydrogen) atoms. The fourth-order valence-electron chi connectivity index (χ4n) is 1.93. The van der Waals surface area contributed by atoms with E-state index in [1.165, 1.54) is 23.0 Å². The van der Waals surface area contributed by atoms with Gasteiger partial charge in [-0.15, -0.1) is 11.6 Å². The Kier molecular flexibility index (Phi) is 11.7. The lowest BCUT2D eigenvalue weighted by Gasteiger charge is -2.18. The highest BCUT2D eigenvalue weighted by Crippen LogP contribution is 2.14. The summed E-state index contributed by atoms with van der Waals surface area (Å²) in [6.45, 7) is 7.78. The summed E-state index contributed by atoms with van der Waals surface area (Å²) < 4.78 is 1.22. The summed E-state index contributed by atoms with van der Waals surface area (Å²) in [6.07, 6.45) is 2.32. The van der Waals surface area contributed by atoms with Crippen molar-refractivity contribution in [2.75, 3.05) is 13.1 Å². The first-order valence-electron chi connectivity index (χ1n) is 7.43. The van der Waals surface area contributed by atoms with Crippen LogP contribution >= 0.6 is 27.5 Å². The zero-order valence-electron chi connectivity index (χ0n) is 13.4. The van der Waals surface area contributed by atoms with Crippen LogP contribution in [0.4, 0.5) is 0 Å². The minimum Gasteiger partial charge on any atom is -0.539 e. The topological polar surface area (TPSA) is 81.9 Å². The van der Waals surface area contributed by atoms with Crippen LogP contribution in [-0.2, 0) is 16.1 Å². The van der Waals surface area contributed by atoms with E-state index in [-0.39, 0.29) is 0 Å². The van der Waals surface area contributed by atoms with Crippen LogP contribution in [0, 0.1) is 0 Å². The Balaban J connectivity index is 0.000000688. The third-order valence-electron chi connectivity index (χ3n) is 3.21. The van der Waals surface area contributed by atoms with Crippen molar-refractivity contribution >= 4 is 39.5 Å². The number of halogens is 2. The van der Waals surface area contributed by atoms with Crippen LogP contribution in [0.3, 0.4) is 0 Å². The number of hydrogen-bond acceptors (Lipinski definition) is 3. The monoisotopic (exact) mass is 407 g/mol. The van der Waals surface area contributed by atoms with Gasteiger partial charge < -0.3 is 19.9 Å². The number of carboxylic acid groups (broad SMARTS) is 2. The molecule has 0 aliphatic heterocycles. The van der Waals surface area contributed by atoms with Gasteiger partial charge in [0.1, 0.15) is 6.54 Å². The molecule has 0 saturated heterocycles. The summed E-state index contributed by atoms with van der Waals surface area (Å²) in [4.78, 5) is 19.6. The lowest BCUT2D eigenvalue weighted by Crippen LogP contribution is -3.10. The number of aliphatic carboxylic acids is 2. The molecule has 7 heteroatoms. The lowest BCUT2D eigenvalue weighted by atomic mass is 10.2. The van der Waals surface area contributed by atoms with Gasteiger partial charge in [-0.25, -0.2) is 4.79 Å². The van der Waals surface area contributed by atoms with E-state index in [4.69, 9.17) is 31.4 Å². The standard InChI is InChI=1S/C14H21BrClN.C2H2O4/c1-3-17(10-6-7-12(2)16)11-13-8-4-5-9-14(13)15;3-1(4)2(5)6/h4-5,8-9,12H,3,6-7,10-11H2,1-2H3;(H,3,4)(H,5,6). The predicted octanol–water partition coefficient (Wildman–Crippen LogP) is 1.08. The number of alkyl halides is 1. The molecule has 1 aromatic rings. The second-order valence-electron chi connectivity index (χ2n) is 5.14. The third-order valence-corrected chi connectivity index (χ3v) is 4.20. The number of hydrogen-bond donors (Lipinski definition) is 2. The maximum Gasteiger partial charge on any atom is 0.351 e. The van der Waals surface area contributed by atoms with E-state index in [0.717, 1.165) is 19.5 Å². The number of nitrogens with one attached hydrogen (secondary N) is 1. The summed E-state index contributed by atoms with van der Waals surface area (Å²) in [6, 6.07) is 8.48. The lowest BCUT2D eigenvalue weighted by molar-refractivity contribution is -0.912. The highest BCUT2D eigenvalue weighted by atomic mass is 79.9. The molecule has 0 bridgehead atoms. The Morgan fingerprint density at radius 3 is 2.39 bits per heavy atom. The van der Waals surface area contributed by atoms with Crippen LogP contribution < -0.4 is 10.0 Å². The quantitative estimate of drug-likeness (QED) is 0.522. The number of carbonyl (C=O) groups is 2. The van der Waals surface area contributed by atoms with Crippen molar-refractivity contribution in [3.63, 3.8) is 0 Å². The number of quaternary nitrogens is 1. The van der Waals surface area contributed by atoms with Crippen molar-refractivity contribution in [1.29, 1.82) is 0 Å². The zero-order chi connectivity index (χ0) is 17.8. The van der Waals surface area contributed by atoms with Crippen molar-refractivity contribution in [2.24, 2.45) is 0 Å². The fourth-order valence-corrected chi connectivity index (χ4v) is 2.51. The van der Waals surface area contributed by atoms with Crippen molar-refractivity contribution < 1.29 is 24.7 Å². The molecule has 2 N–H and O–H groups in total. The third kappa shape index (κ3) is 11.1. The Bertz CT molecular complexity index is 485. The SMILES string of the molecule is CC[NH+](CCCC(C)Cl)Cc1ccccc1Br.O=C([O-])C(=O)O. The van der Waals surface area contributed by atoms with E-state index in [0.29, 0.717) is 5.38 Å². The van der Waals surface area contributed by atoms with E-state index >= 15 is 0 Å². The second-order valence-corrected chi connectivity index (χ2v) is 6.74. The van der Waals surface area contributed by atoms with Crippen LogP contribution in [0.5, 0.6) is 0 Å². The molecule has 2 unspecified atom stereocenters. The normalized spacial score (nSPS) is 12.7. The molecule has 0 saturated carbocycles. The van der Waals surface area contributed by atoms with Gasteiger partial charge in [0.15, 0.2) is 5.97 Å². The van der Waals surface area contributed by atoms with Crippen LogP contribution in [0.15, 0.2) is 28.7 Å². The molecule has 0 aliphatic carbocycles. The minimum absolute atomic E-state index is 0.302. The van der Waals surface area contributed by atoms with Crippen LogP contribution in [-0.4, -0.2) is 35.5 Å². The summed E-state index contributed by atoms with van der Waals surface area (Å²) in [5.41, 5.74) is 1.39. The van der Waals surface area contributed by atoms with Crippen LogP contribution in [0.1, 0.15) is 32.3 Å². The molecular formula is C16H23BrClNO4. The van der Waals surface area contributed by atoms with E-state index in [1.807, 2.05) is 0 Å². The summed E-state index contributed by atoms with van der Waals surface area (Å²) >= 11 is 9.58. The molecule has 0 aliphatic rings. The number of benzene rings is 1. The van der Waals surface area contributed by atoms with Gasteiger partial charge in [0.2, 0.25) is 0 Å². The first-order valence-corrected chi connectivity index (χ1v) is 8.66. The first kappa shape index (κ1) is 21.9. The summed E-state index contributed by atoms with van der Waals surface area (Å²) in [5.74, 6) is -4.01. The van der Waals surface area contributed by atoms with Gasteiger partial charge in [0.25, 0.3) is 0 Å². The average Bonchev–Trinajstić information content (AvgIpc) is 2.48. The van der Waals surface area contributed by atoms with Gasteiger partial charge in [-0.1, -0.05) is 34.1 Å². The molecule has 5 nitrogen and oxygen atoms in total. The smallest absolute Gasteiger partial charge is 0.351 e. The predicted molar refractivity (Wildman–Crippen MR) is 91.4 cm³/mol. The van der Waals surface area contributed by atoms with Gasteiger partial charge in [-0.2, -0.15) is 0 Å². The van der Waals surface area contributed by atoms with Crippen LogP contribution in [0.2, 0.25) is 0 Å². The first-order chi connectivity index (χ1) is 10.8. The largest absolute Gasteiger partial charge is 0.539 e. The Labute approximate surface area is 150 Å². The van der Waals surface area contributed by atoms with Gasteiger partial charge in [-0.3, -0.25) is 0 Å². The van der Waals surface area contributed by atoms with Crippen molar-refractivity contribution in [3.8, 4) is 0 Å². The Hall–Kier alpha value is -1.11. The van der Waals surface area contributed by atoms with Crippen molar-refractivity contribution in [2.45, 2.75) is 38.6 Å². The molecule has 0 fully saturated rings. The average molecular weight is 409 g/mol. The van der Waals surface area contributed by atoms with E-state index in [9.17, 15) is 0 Å². The zero-order valence-corrected chi connectivity index (χ0v) is 15.7. The summed E-state index contributed by atoms with van der Waals surface area (Å²) in [5, 5.41) is 16.6. The van der Waals surface area contributed by atoms with Crippen LogP contribution in [0.25, 0.3) is 0 Å². The highest BCUT2D eigenvalue weighted by molar-refractivity contribution is 9.10. The molecule has 130 valence electrons. The maximum atomic E-state index is 9.04. The molecular weight excluding hydrogens is 386 g/mol. The molecule has 0 spiro atoms. The van der Waals surface area contributed by atoms with Crippen molar-refractivity contribution in [3.05, 3.63) is 34.3 Å². The van der Waals surface area contributed by atoms with Gasteiger partial charge in [0, 0.05) is 15.4 Å². The van der Waals surface area contributed by atoms with Gasteiger partial charge in [0.05, 0.1) is 13.1 Å². The van der Waals surface area contributed by atoms with Crippen molar-refractivity contribution in [1.82, 2.24) is 0 Å².